The summed E-state index contributed by atoms with van der Waals surface area (Å²) in [6.07, 6.45) is -10.2. The first-order valence-electron chi connectivity index (χ1n) is 8.21. The summed E-state index contributed by atoms with van der Waals surface area (Å²) in [6.45, 7) is 0. The second-order valence-corrected chi connectivity index (χ2v) is 8.54. The van der Waals surface area contributed by atoms with E-state index in [2.05, 4.69) is 5.32 Å². The van der Waals surface area contributed by atoms with E-state index in [0.717, 1.165) is 0 Å². The van der Waals surface area contributed by atoms with Gasteiger partial charge in [0.05, 0.1) is 27.8 Å². The molecule has 1 unspecified atom stereocenters. The van der Waals surface area contributed by atoms with Gasteiger partial charge in [-0.25, -0.2) is 8.42 Å². The molecule has 3 rings (SSSR count). The number of benzene rings is 2. The average Bonchev–Trinajstić information content (AvgIpc) is 2.62. The molecule has 2 aromatic carbocycles. The number of rotatable bonds is 2. The van der Waals surface area contributed by atoms with Crippen LogP contribution in [0.2, 0.25) is 0 Å². The molecule has 1 aliphatic rings. The SMILES string of the molecule is O=C(NC1CCS(=O)(=O)c2ccccc21)c1cc(C(F)(F)F)cc(C(F)(F)F)c1. The standard InChI is InChI=1S/C18H13F6NO3S/c19-17(20,21)11-7-10(8-12(9-11)18(22,23)24)16(26)25-14-5-6-29(27,28)15-4-2-1-3-13(14)15/h1-4,7-9,14H,5-6H2,(H,25,26). The molecule has 1 N–H and O–H groups in total. The van der Waals surface area contributed by atoms with Gasteiger partial charge in [-0.3, -0.25) is 4.79 Å². The fourth-order valence-electron chi connectivity index (χ4n) is 3.07. The van der Waals surface area contributed by atoms with Crippen molar-refractivity contribution in [3.8, 4) is 0 Å². The van der Waals surface area contributed by atoms with Crippen molar-refractivity contribution in [1.29, 1.82) is 0 Å². The molecule has 1 atom stereocenters. The van der Waals surface area contributed by atoms with Gasteiger partial charge >= 0.3 is 12.4 Å². The Bertz CT molecular complexity index is 1030. The molecule has 1 aliphatic heterocycles. The lowest BCUT2D eigenvalue weighted by Gasteiger charge is -2.26. The molecule has 29 heavy (non-hydrogen) atoms. The van der Waals surface area contributed by atoms with Gasteiger partial charge in [0, 0.05) is 5.56 Å². The van der Waals surface area contributed by atoms with Gasteiger partial charge < -0.3 is 5.32 Å². The molecule has 0 fully saturated rings. The van der Waals surface area contributed by atoms with Crippen LogP contribution in [0.3, 0.4) is 0 Å². The normalized spacial score (nSPS) is 18.8. The van der Waals surface area contributed by atoms with Gasteiger partial charge in [-0.15, -0.1) is 0 Å². The highest BCUT2D eigenvalue weighted by molar-refractivity contribution is 7.91. The summed E-state index contributed by atoms with van der Waals surface area (Å²) in [7, 11) is -3.58. The van der Waals surface area contributed by atoms with Crippen molar-refractivity contribution in [3.05, 3.63) is 64.7 Å². The average molecular weight is 437 g/mol. The van der Waals surface area contributed by atoms with E-state index < -0.39 is 50.8 Å². The van der Waals surface area contributed by atoms with E-state index in [-0.39, 0.29) is 28.7 Å². The molecule has 1 amide bonds. The lowest BCUT2D eigenvalue weighted by atomic mass is 10.0. The summed E-state index contributed by atoms with van der Waals surface area (Å²) >= 11 is 0. The molecule has 2 aromatic rings. The smallest absolute Gasteiger partial charge is 0.345 e. The second kappa shape index (κ2) is 7.05. The number of sulfone groups is 1. The van der Waals surface area contributed by atoms with Gasteiger partial charge in [0.2, 0.25) is 0 Å². The summed E-state index contributed by atoms with van der Waals surface area (Å²) in [6, 6.07) is 5.48. The number of amides is 1. The predicted octanol–water partition coefficient (Wildman–Crippen LogP) is 4.37. The third-order valence-electron chi connectivity index (χ3n) is 4.46. The van der Waals surface area contributed by atoms with E-state index in [9.17, 15) is 39.6 Å². The van der Waals surface area contributed by atoms with Crippen molar-refractivity contribution in [2.24, 2.45) is 0 Å². The number of alkyl halides is 6. The summed E-state index contributed by atoms with van der Waals surface area (Å²) in [5, 5.41) is 2.35. The number of nitrogens with one attached hydrogen (secondary N) is 1. The number of hydrogen-bond acceptors (Lipinski definition) is 3. The van der Waals surface area contributed by atoms with Crippen LogP contribution in [-0.2, 0) is 22.2 Å². The van der Waals surface area contributed by atoms with Crippen molar-refractivity contribution in [2.45, 2.75) is 29.7 Å². The summed E-state index contributed by atoms with van der Waals surface area (Å²) < 4.78 is 102. The van der Waals surface area contributed by atoms with Crippen LogP contribution in [0.25, 0.3) is 0 Å². The molecule has 11 heteroatoms. The molecule has 0 saturated heterocycles. The molecule has 0 aliphatic carbocycles. The monoisotopic (exact) mass is 437 g/mol. The van der Waals surface area contributed by atoms with E-state index in [4.69, 9.17) is 0 Å². The Morgan fingerprint density at radius 2 is 1.48 bits per heavy atom. The predicted molar refractivity (Wildman–Crippen MR) is 89.8 cm³/mol. The lowest BCUT2D eigenvalue weighted by molar-refractivity contribution is -0.143. The molecular weight excluding hydrogens is 424 g/mol. The van der Waals surface area contributed by atoms with Crippen molar-refractivity contribution in [3.63, 3.8) is 0 Å². The molecule has 4 nitrogen and oxygen atoms in total. The maximum Gasteiger partial charge on any atom is 0.416 e. The molecule has 0 saturated carbocycles. The Labute approximate surface area is 161 Å². The first-order valence-corrected chi connectivity index (χ1v) is 9.86. The van der Waals surface area contributed by atoms with Gasteiger partial charge in [0.25, 0.3) is 5.91 Å². The maximum absolute atomic E-state index is 13.0. The van der Waals surface area contributed by atoms with E-state index >= 15 is 0 Å². The highest BCUT2D eigenvalue weighted by Crippen LogP contribution is 2.37. The van der Waals surface area contributed by atoms with Crippen molar-refractivity contribution in [1.82, 2.24) is 5.32 Å². The van der Waals surface area contributed by atoms with Gasteiger partial charge in [0.15, 0.2) is 9.84 Å². The van der Waals surface area contributed by atoms with Crippen LogP contribution in [-0.4, -0.2) is 20.1 Å². The second-order valence-electron chi connectivity index (χ2n) is 6.47. The zero-order chi connectivity index (χ0) is 21.6. The van der Waals surface area contributed by atoms with Crippen molar-refractivity contribution in [2.75, 3.05) is 5.75 Å². The minimum atomic E-state index is -5.08. The Kier molecular flexibility index (Phi) is 5.14. The third kappa shape index (κ3) is 4.39. The first-order chi connectivity index (χ1) is 13.3. The summed E-state index contributed by atoms with van der Waals surface area (Å²) in [5.74, 6) is -1.48. The van der Waals surface area contributed by atoms with Crippen LogP contribution >= 0.6 is 0 Å². The van der Waals surface area contributed by atoms with Crippen LogP contribution in [0, 0.1) is 0 Å². The molecule has 156 valence electrons. The first kappa shape index (κ1) is 21.2. The minimum absolute atomic E-state index is 0.0310. The minimum Gasteiger partial charge on any atom is -0.345 e. The van der Waals surface area contributed by atoms with Crippen molar-refractivity contribution < 1.29 is 39.6 Å². The number of carbonyl (C=O) groups is 1. The summed E-state index contributed by atoms with van der Waals surface area (Å²) in [5.41, 5.74) is -3.80. The van der Waals surface area contributed by atoms with Gasteiger partial charge in [-0.2, -0.15) is 26.3 Å². The Hall–Kier alpha value is -2.56. The molecule has 0 radical (unpaired) electrons. The van der Waals surface area contributed by atoms with E-state index in [1.807, 2.05) is 0 Å². The molecule has 1 heterocycles. The van der Waals surface area contributed by atoms with Crippen LogP contribution in [0.4, 0.5) is 26.3 Å². The number of halogens is 6. The fraction of sp³-hybridized carbons (Fsp3) is 0.278. The van der Waals surface area contributed by atoms with Crippen molar-refractivity contribution >= 4 is 15.7 Å². The lowest BCUT2D eigenvalue weighted by Crippen LogP contribution is -2.34. The Balaban J connectivity index is 1.98. The molecule has 0 spiro atoms. The van der Waals surface area contributed by atoms with Gasteiger partial charge in [-0.05, 0) is 36.2 Å². The number of hydrogen-bond donors (Lipinski definition) is 1. The topological polar surface area (TPSA) is 63.2 Å². The highest BCUT2D eigenvalue weighted by Gasteiger charge is 2.38. The molecular formula is C18H13F6NO3S. The Morgan fingerprint density at radius 3 is 2.03 bits per heavy atom. The van der Waals surface area contributed by atoms with E-state index in [1.54, 1.807) is 0 Å². The maximum atomic E-state index is 13.0. The van der Waals surface area contributed by atoms with Gasteiger partial charge in [-0.1, -0.05) is 18.2 Å². The zero-order valence-electron chi connectivity index (χ0n) is 14.4. The quantitative estimate of drug-likeness (QED) is 0.710. The van der Waals surface area contributed by atoms with Gasteiger partial charge in [0.1, 0.15) is 0 Å². The largest absolute Gasteiger partial charge is 0.416 e. The van der Waals surface area contributed by atoms with Crippen LogP contribution in [0.15, 0.2) is 47.4 Å². The summed E-state index contributed by atoms with van der Waals surface area (Å²) in [4.78, 5) is 12.4. The zero-order valence-corrected chi connectivity index (χ0v) is 15.3. The van der Waals surface area contributed by atoms with Crippen LogP contribution < -0.4 is 5.32 Å². The van der Waals surface area contributed by atoms with E-state index in [1.165, 1.54) is 24.3 Å². The fourth-order valence-corrected chi connectivity index (χ4v) is 4.69. The Morgan fingerprint density at radius 1 is 0.931 bits per heavy atom. The highest BCUT2D eigenvalue weighted by atomic mass is 32.2. The van der Waals surface area contributed by atoms with Crippen LogP contribution in [0.1, 0.15) is 39.5 Å². The third-order valence-corrected chi connectivity index (χ3v) is 6.27. The van der Waals surface area contributed by atoms with Crippen LogP contribution in [0.5, 0.6) is 0 Å². The molecule has 0 aromatic heterocycles. The van der Waals surface area contributed by atoms with E-state index in [0.29, 0.717) is 12.1 Å². The number of fused-ring (bicyclic) bond motifs is 1. The number of carbonyl (C=O) groups excluding carboxylic acids is 1. The molecule has 0 bridgehead atoms.